The molecule has 0 saturated carbocycles. The molecule has 1 N–H and O–H groups in total. The standard InChI is InChI=1S/C30H36ClN3O5S/c1-5-28(30(36)32-19-22(2)3)33(20-23-12-9-10-17-27(23)31)29(35)21-34(24-13-11-14-25(18-24)39-4)40(37,38)26-15-7-6-8-16-26/h6-18,22,28H,5,19-21H2,1-4H3,(H,32,36). The molecule has 3 aromatic rings. The molecule has 1 atom stereocenters. The third-order valence-corrected chi connectivity index (χ3v) is 8.48. The first-order valence-electron chi connectivity index (χ1n) is 13.1. The Hall–Kier alpha value is -3.56. The first kappa shape index (κ1) is 31.0. The Bertz CT molecular complexity index is 1400. The fourth-order valence-corrected chi connectivity index (χ4v) is 5.79. The van der Waals surface area contributed by atoms with E-state index in [9.17, 15) is 18.0 Å². The number of anilines is 1. The van der Waals surface area contributed by atoms with E-state index in [-0.39, 0.29) is 29.0 Å². The van der Waals surface area contributed by atoms with E-state index in [0.29, 0.717) is 29.3 Å². The van der Waals surface area contributed by atoms with Gasteiger partial charge < -0.3 is 15.0 Å². The maximum Gasteiger partial charge on any atom is 0.264 e. The highest BCUT2D eigenvalue weighted by molar-refractivity contribution is 7.92. The van der Waals surface area contributed by atoms with Crippen LogP contribution in [-0.2, 0) is 26.2 Å². The van der Waals surface area contributed by atoms with Gasteiger partial charge in [0.2, 0.25) is 11.8 Å². The van der Waals surface area contributed by atoms with Gasteiger partial charge in [0, 0.05) is 24.2 Å². The molecule has 10 heteroatoms. The summed E-state index contributed by atoms with van der Waals surface area (Å²) >= 11 is 6.43. The van der Waals surface area contributed by atoms with Crippen LogP contribution in [0.3, 0.4) is 0 Å². The lowest BCUT2D eigenvalue weighted by atomic mass is 10.1. The number of carbonyl (C=O) groups excluding carboxylic acids is 2. The Morgan fingerprint density at radius 2 is 1.65 bits per heavy atom. The number of ether oxygens (including phenoxy) is 1. The number of rotatable bonds is 13. The van der Waals surface area contributed by atoms with Gasteiger partial charge >= 0.3 is 0 Å². The fourth-order valence-electron chi connectivity index (χ4n) is 4.17. The van der Waals surface area contributed by atoms with Gasteiger partial charge in [0.05, 0.1) is 17.7 Å². The minimum atomic E-state index is -4.16. The van der Waals surface area contributed by atoms with Crippen LogP contribution in [0.2, 0.25) is 5.02 Å². The molecule has 0 radical (unpaired) electrons. The van der Waals surface area contributed by atoms with Gasteiger partial charge in [-0.25, -0.2) is 8.42 Å². The molecule has 0 saturated heterocycles. The molecule has 0 aromatic heterocycles. The number of nitrogens with one attached hydrogen (secondary N) is 1. The highest BCUT2D eigenvalue weighted by atomic mass is 35.5. The molecule has 1 unspecified atom stereocenters. The van der Waals surface area contributed by atoms with E-state index < -0.39 is 28.5 Å². The molecule has 8 nitrogen and oxygen atoms in total. The maximum atomic E-state index is 14.1. The summed E-state index contributed by atoms with van der Waals surface area (Å²) in [5, 5.41) is 3.35. The summed E-state index contributed by atoms with van der Waals surface area (Å²) in [5.74, 6) is -0.205. The number of halogens is 1. The molecule has 214 valence electrons. The number of hydrogen-bond donors (Lipinski definition) is 1. The van der Waals surface area contributed by atoms with E-state index >= 15 is 0 Å². The first-order chi connectivity index (χ1) is 19.1. The second-order valence-corrected chi connectivity index (χ2v) is 12.0. The van der Waals surface area contributed by atoms with Crippen molar-refractivity contribution in [2.75, 3.05) is 24.5 Å². The highest BCUT2D eigenvalue weighted by Crippen LogP contribution is 2.28. The van der Waals surface area contributed by atoms with Crippen molar-refractivity contribution in [3.8, 4) is 5.75 Å². The number of sulfonamides is 1. The number of carbonyl (C=O) groups is 2. The second kappa shape index (κ2) is 14.2. The first-order valence-corrected chi connectivity index (χ1v) is 14.9. The summed E-state index contributed by atoms with van der Waals surface area (Å²) in [6, 6.07) is 20.6. The number of benzene rings is 3. The molecule has 0 spiro atoms. The third-order valence-electron chi connectivity index (χ3n) is 6.32. The normalized spacial score (nSPS) is 12.1. The molecule has 3 aromatic carbocycles. The summed E-state index contributed by atoms with van der Waals surface area (Å²) in [6.07, 6.45) is 0.324. The fraction of sp³-hybridized carbons (Fsp3) is 0.333. The largest absolute Gasteiger partial charge is 0.497 e. The Labute approximate surface area is 241 Å². The van der Waals surface area contributed by atoms with Crippen molar-refractivity contribution in [3.05, 3.63) is 89.4 Å². The summed E-state index contributed by atoms with van der Waals surface area (Å²) in [7, 11) is -2.68. The summed E-state index contributed by atoms with van der Waals surface area (Å²) in [4.78, 5) is 28.8. The molecule has 0 heterocycles. The SMILES string of the molecule is CCC(C(=O)NCC(C)C)N(Cc1ccccc1Cl)C(=O)CN(c1cccc(OC)c1)S(=O)(=O)c1ccccc1. The van der Waals surface area contributed by atoms with Gasteiger partial charge in [-0.15, -0.1) is 0 Å². The predicted octanol–water partition coefficient (Wildman–Crippen LogP) is 5.12. The Morgan fingerprint density at radius 3 is 2.27 bits per heavy atom. The van der Waals surface area contributed by atoms with Crippen molar-refractivity contribution in [2.45, 2.75) is 44.7 Å². The van der Waals surface area contributed by atoms with Gasteiger partial charge in [-0.2, -0.15) is 0 Å². The van der Waals surface area contributed by atoms with E-state index in [4.69, 9.17) is 16.3 Å². The van der Waals surface area contributed by atoms with Crippen LogP contribution in [0, 0.1) is 5.92 Å². The van der Waals surface area contributed by atoms with Gasteiger partial charge in [0.1, 0.15) is 18.3 Å². The molecular formula is C30H36ClN3O5S. The van der Waals surface area contributed by atoms with Crippen LogP contribution in [0.25, 0.3) is 0 Å². The average Bonchev–Trinajstić information content (AvgIpc) is 2.95. The lowest BCUT2D eigenvalue weighted by molar-refractivity contribution is -0.140. The molecular weight excluding hydrogens is 550 g/mol. The van der Waals surface area contributed by atoms with Crippen molar-refractivity contribution in [1.82, 2.24) is 10.2 Å². The van der Waals surface area contributed by atoms with Crippen LogP contribution in [0.1, 0.15) is 32.8 Å². The van der Waals surface area contributed by atoms with Crippen LogP contribution in [0.4, 0.5) is 5.69 Å². The molecule has 3 rings (SSSR count). The van der Waals surface area contributed by atoms with E-state index in [0.717, 1.165) is 4.31 Å². The lowest BCUT2D eigenvalue weighted by Crippen LogP contribution is -2.52. The summed E-state index contributed by atoms with van der Waals surface area (Å²) in [6.45, 7) is 5.71. The minimum Gasteiger partial charge on any atom is -0.497 e. The quantitative estimate of drug-likeness (QED) is 0.300. The zero-order valence-electron chi connectivity index (χ0n) is 23.2. The smallest absolute Gasteiger partial charge is 0.264 e. The molecule has 0 aliphatic rings. The van der Waals surface area contributed by atoms with Gasteiger partial charge in [-0.1, -0.05) is 74.8 Å². The monoisotopic (exact) mass is 585 g/mol. The molecule has 0 aliphatic heterocycles. The zero-order valence-corrected chi connectivity index (χ0v) is 24.8. The van der Waals surface area contributed by atoms with E-state index in [2.05, 4.69) is 5.32 Å². The Balaban J connectivity index is 2.06. The van der Waals surface area contributed by atoms with Crippen LogP contribution >= 0.6 is 11.6 Å². The number of methoxy groups -OCH3 is 1. The number of nitrogens with zero attached hydrogens (tertiary/aromatic N) is 2. The topological polar surface area (TPSA) is 96.0 Å². The number of hydrogen-bond acceptors (Lipinski definition) is 5. The Morgan fingerprint density at radius 1 is 0.975 bits per heavy atom. The van der Waals surface area contributed by atoms with Crippen LogP contribution in [-0.4, -0.2) is 51.4 Å². The molecule has 2 amide bonds. The molecule has 0 fully saturated rings. The molecule has 40 heavy (non-hydrogen) atoms. The lowest BCUT2D eigenvalue weighted by Gasteiger charge is -2.33. The second-order valence-electron chi connectivity index (χ2n) is 9.70. The van der Waals surface area contributed by atoms with Crippen LogP contribution in [0.5, 0.6) is 5.75 Å². The van der Waals surface area contributed by atoms with E-state index in [1.165, 1.54) is 24.1 Å². The maximum absolute atomic E-state index is 14.1. The zero-order chi connectivity index (χ0) is 29.3. The molecule has 0 bridgehead atoms. The third kappa shape index (κ3) is 7.76. The number of amides is 2. The van der Waals surface area contributed by atoms with Crippen molar-refractivity contribution in [2.24, 2.45) is 5.92 Å². The highest BCUT2D eigenvalue weighted by Gasteiger charge is 2.34. The minimum absolute atomic E-state index is 0.0312. The van der Waals surface area contributed by atoms with Crippen molar-refractivity contribution in [1.29, 1.82) is 0 Å². The average molecular weight is 586 g/mol. The summed E-state index contributed by atoms with van der Waals surface area (Å²) < 4.78 is 34.1. The van der Waals surface area contributed by atoms with E-state index in [1.807, 2.05) is 20.8 Å². The summed E-state index contributed by atoms with van der Waals surface area (Å²) in [5.41, 5.74) is 0.901. The Kier molecular flexibility index (Phi) is 11.0. The van der Waals surface area contributed by atoms with Gasteiger partial charge in [0.15, 0.2) is 0 Å². The van der Waals surface area contributed by atoms with Crippen LogP contribution in [0.15, 0.2) is 83.8 Å². The van der Waals surface area contributed by atoms with Crippen molar-refractivity contribution >= 4 is 39.1 Å². The van der Waals surface area contributed by atoms with Crippen molar-refractivity contribution in [3.63, 3.8) is 0 Å². The van der Waals surface area contributed by atoms with Gasteiger partial charge in [0.25, 0.3) is 10.0 Å². The van der Waals surface area contributed by atoms with Gasteiger partial charge in [-0.3, -0.25) is 13.9 Å². The van der Waals surface area contributed by atoms with Crippen molar-refractivity contribution < 1.29 is 22.7 Å². The predicted molar refractivity (Wildman–Crippen MR) is 158 cm³/mol. The van der Waals surface area contributed by atoms with Gasteiger partial charge in [-0.05, 0) is 48.2 Å². The van der Waals surface area contributed by atoms with Crippen LogP contribution < -0.4 is 14.4 Å². The molecule has 0 aliphatic carbocycles. The van der Waals surface area contributed by atoms with E-state index in [1.54, 1.807) is 66.7 Å².